The minimum Gasteiger partial charge on any atom is -0.493 e. The minimum absolute atomic E-state index is 0. The molecule has 146 valence electrons. The van der Waals surface area contributed by atoms with Crippen LogP contribution >= 0.6 is 24.0 Å². The van der Waals surface area contributed by atoms with Crippen molar-refractivity contribution in [3.63, 3.8) is 0 Å². The third-order valence-corrected chi connectivity index (χ3v) is 5.13. The van der Waals surface area contributed by atoms with Crippen LogP contribution in [0.25, 0.3) is 0 Å². The van der Waals surface area contributed by atoms with Gasteiger partial charge in [0, 0.05) is 30.7 Å². The molecule has 5 nitrogen and oxygen atoms in total. The minimum atomic E-state index is 0. The number of hydrogen-bond donors (Lipinski definition) is 1. The Morgan fingerprint density at radius 2 is 2.04 bits per heavy atom. The molecule has 2 aliphatic heterocycles. The van der Waals surface area contributed by atoms with Gasteiger partial charge in [-0.15, -0.1) is 12.4 Å². The van der Waals surface area contributed by atoms with Gasteiger partial charge in [-0.1, -0.05) is 25.4 Å². The number of fused-ring (bicyclic) bond motifs is 2. The molecule has 7 heteroatoms. The lowest BCUT2D eigenvalue weighted by molar-refractivity contribution is 0.0747. The monoisotopic (exact) mass is 402 g/mol. The summed E-state index contributed by atoms with van der Waals surface area (Å²) in [6.45, 7) is 6.21. The Kier molecular flexibility index (Phi) is 7.44. The highest BCUT2D eigenvalue weighted by Gasteiger charge is 2.32. The maximum atomic E-state index is 13.0. The van der Waals surface area contributed by atoms with Gasteiger partial charge in [-0.2, -0.15) is 0 Å². The summed E-state index contributed by atoms with van der Waals surface area (Å²) >= 11 is 6.39. The second-order valence-electron chi connectivity index (χ2n) is 7.37. The van der Waals surface area contributed by atoms with Gasteiger partial charge in [0.15, 0.2) is 11.5 Å². The van der Waals surface area contributed by atoms with Crippen molar-refractivity contribution in [2.24, 2.45) is 5.92 Å². The van der Waals surface area contributed by atoms with Crippen molar-refractivity contribution in [1.29, 1.82) is 0 Å². The zero-order chi connectivity index (χ0) is 18.0. The van der Waals surface area contributed by atoms with Crippen molar-refractivity contribution in [2.75, 3.05) is 26.8 Å². The van der Waals surface area contributed by atoms with Crippen LogP contribution in [0.1, 0.15) is 43.5 Å². The summed E-state index contributed by atoms with van der Waals surface area (Å²) in [7, 11) is 1.57. The standard InChI is InChI=1S/C19H27ClN2O3.ClH/c1-12(2)11-25-18-16(20)8-13(9-17(18)24-3)19(23)22-7-6-14-4-5-15(10-22)21-14;/h8-9,12,14-15,21H,4-7,10-11H2,1-3H3;1H. The van der Waals surface area contributed by atoms with Crippen molar-refractivity contribution in [3.8, 4) is 11.5 Å². The lowest BCUT2D eigenvalue weighted by Gasteiger charge is -2.25. The van der Waals surface area contributed by atoms with Crippen LogP contribution in [0.15, 0.2) is 12.1 Å². The predicted octanol–water partition coefficient (Wildman–Crippen LogP) is 3.77. The molecule has 3 rings (SSSR count). The predicted molar refractivity (Wildman–Crippen MR) is 106 cm³/mol. The SMILES string of the molecule is COc1cc(C(=O)N2CCC3CCC(C2)N3)cc(Cl)c1OCC(C)C.Cl. The van der Waals surface area contributed by atoms with Crippen molar-refractivity contribution in [3.05, 3.63) is 22.7 Å². The van der Waals surface area contributed by atoms with Crippen molar-refractivity contribution in [1.82, 2.24) is 10.2 Å². The zero-order valence-electron chi connectivity index (χ0n) is 15.6. The summed E-state index contributed by atoms with van der Waals surface area (Å²) in [6.07, 6.45) is 3.36. The van der Waals surface area contributed by atoms with Crippen molar-refractivity contribution in [2.45, 2.75) is 45.2 Å². The van der Waals surface area contributed by atoms with Crippen LogP contribution in [0, 0.1) is 5.92 Å². The van der Waals surface area contributed by atoms with Gasteiger partial charge >= 0.3 is 0 Å². The lowest BCUT2D eigenvalue weighted by atomic mass is 10.1. The van der Waals surface area contributed by atoms with Gasteiger partial charge in [-0.25, -0.2) is 0 Å². The molecule has 1 amide bonds. The van der Waals surface area contributed by atoms with Crippen LogP contribution in [0.3, 0.4) is 0 Å². The van der Waals surface area contributed by atoms with Gasteiger partial charge in [-0.3, -0.25) is 4.79 Å². The first-order valence-corrected chi connectivity index (χ1v) is 9.41. The number of carbonyl (C=O) groups excluding carboxylic acids is 1. The molecule has 0 radical (unpaired) electrons. The Hall–Kier alpha value is -1.17. The van der Waals surface area contributed by atoms with Crippen molar-refractivity contribution < 1.29 is 14.3 Å². The van der Waals surface area contributed by atoms with Crippen LogP contribution in [0.4, 0.5) is 0 Å². The van der Waals surface area contributed by atoms with Gasteiger partial charge in [0.25, 0.3) is 5.91 Å². The average Bonchev–Trinajstić information content (AvgIpc) is 2.91. The van der Waals surface area contributed by atoms with E-state index < -0.39 is 0 Å². The largest absolute Gasteiger partial charge is 0.493 e. The molecule has 0 aromatic heterocycles. The van der Waals surface area contributed by atoms with Gasteiger partial charge in [0.2, 0.25) is 0 Å². The first kappa shape index (κ1) is 21.1. The number of likely N-dealkylation sites (tertiary alicyclic amines) is 1. The van der Waals surface area contributed by atoms with E-state index in [1.165, 1.54) is 6.42 Å². The molecule has 0 aliphatic carbocycles. The average molecular weight is 403 g/mol. The fourth-order valence-corrected chi connectivity index (χ4v) is 3.81. The van der Waals surface area contributed by atoms with Crippen LogP contribution < -0.4 is 14.8 Å². The highest BCUT2D eigenvalue weighted by Crippen LogP contribution is 2.37. The first-order valence-electron chi connectivity index (χ1n) is 9.03. The molecular weight excluding hydrogens is 375 g/mol. The molecule has 2 atom stereocenters. The molecule has 2 fully saturated rings. The van der Waals surface area contributed by atoms with E-state index in [2.05, 4.69) is 19.2 Å². The third-order valence-electron chi connectivity index (χ3n) is 4.85. The molecule has 0 saturated carbocycles. The van der Waals surface area contributed by atoms with Gasteiger partial charge < -0.3 is 19.7 Å². The van der Waals surface area contributed by atoms with E-state index in [-0.39, 0.29) is 18.3 Å². The molecular formula is C19H28Cl2N2O3. The third kappa shape index (κ3) is 4.76. The van der Waals surface area contributed by atoms with Crippen LogP contribution in [0.5, 0.6) is 11.5 Å². The van der Waals surface area contributed by atoms with Gasteiger partial charge in [0.05, 0.1) is 18.7 Å². The van der Waals surface area contributed by atoms with E-state index in [0.29, 0.717) is 46.7 Å². The second-order valence-corrected chi connectivity index (χ2v) is 7.78. The highest BCUT2D eigenvalue weighted by molar-refractivity contribution is 6.32. The number of rotatable bonds is 5. The lowest BCUT2D eigenvalue weighted by Crippen LogP contribution is -2.39. The molecule has 0 spiro atoms. The van der Waals surface area contributed by atoms with Crippen LogP contribution in [-0.2, 0) is 0 Å². The second kappa shape index (κ2) is 9.16. The molecule has 1 N–H and O–H groups in total. The van der Waals surface area contributed by atoms with Gasteiger partial charge in [-0.05, 0) is 37.3 Å². The number of benzene rings is 1. The van der Waals surface area contributed by atoms with E-state index >= 15 is 0 Å². The Balaban J connectivity index is 0.00000243. The Bertz CT molecular complexity index is 639. The number of nitrogens with zero attached hydrogens (tertiary/aromatic N) is 1. The Labute approximate surface area is 166 Å². The van der Waals surface area contributed by atoms with E-state index in [0.717, 1.165) is 25.9 Å². The summed E-state index contributed by atoms with van der Waals surface area (Å²) in [5, 5.41) is 4.01. The smallest absolute Gasteiger partial charge is 0.254 e. The fraction of sp³-hybridized carbons (Fsp3) is 0.632. The van der Waals surface area contributed by atoms with E-state index in [9.17, 15) is 4.79 Å². The normalized spacial score (nSPS) is 22.0. The van der Waals surface area contributed by atoms with Crippen LogP contribution in [-0.4, -0.2) is 49.7 Å². The number of hydrogen-bond acceptors (Lipinski definition) is 4. The number of halogens is 2. The molecule has 2 saturated heterocycles. The summed E-state index contributed by atoms with van der Waals surface area (Å²) in [4.78, 5) is 14.9. The molecule has 2 aliphatic rings. The fourth-order valence-electron chi connectivity index (χ4n) is 3.54. The van der Waals surface area contributed by atoms with Gasteiger partial charge in [0.1, 0.15) is 0 Å². The van der Waals surface area contributed by atoms with E-state index in [1.54, 1.807) is 19.2 Å². The molecule has 1 aromatic carbocycles. The van der Waals surface area contributed by atoms with Crippen LogP contribution in [0.2, 0.25) is 5.02 Å². The number of ether oxygens (including phenoxy) is 2. The number of nitrogens with one attached hydrogen (secondary N) is 1. The quantitative estimate of drug-likeness (QED) is 0.813. The van der Waals surface area contributed by atoms with E-state index in [4.69, 9.17) is 21.1 Å². The number of methoxy groups -OCH3 is 1. The Morgan fingerprint density at radius 1 is 1.31 bits per heavy atom. The zero-order valence-corrected chi connectivity index (χ0v) is 17.2. The topological polar surface area (TPSA) is 50.8 Å². The first-order chi connectivity index (χ1) is 12.0. The van der Waals surface area contributed by atoms with E-state index in [1.807, 2.05) is 4.90 Å². The summed E-state index contributed by atoms with van der Waals surface area (Å²) in [5.41, 5.74) is 0.552. The summed E-state index contributed by atoms with van der Waals surface area (Å²) in [6, 6.07) is 4.38. The molecule has 1 aromatic rings. The maximum absolute atomic E-state index is 13.0. The highest BCUT2D eigenvalue weighted by atomic mass is 35.5. The summed E-state index contributed by atoms with van der Waals surface area (Å²) in [5.74, 6) is 1.39. The number of carbonyl (C=O) groups is 1. The molecule has 2 bridgehead atoms. The molecule has 26 heavy (non-hydrogen) atoms. The number of amides is 1. The summed E-state index contributed by atoms with van der Waals surface area (Å²) < 4.78 is 11.2. The Morgan fingerprint density at radius 3 is 2.73 bits per heavy atom. The van der Waals surface area contributed by atoms with Crippen molar-refractivity contribution >= 4 is 29.9 Å². The molecule has 2 heterocycles. The maximum Gasteiger partial charge on any atom is 0.254 e. The molecule has 2 unspecified atom stereocenters.